The Hall–Kier alpha value is -1.83. The van der Waals surface area contributed by atoms with Gasteiger partial charge in [-0.25, -0.2) is 4.68 Å². The molecule has 0 spiro atoms. The third-order valence-electron chi connectivity index (χ3n) is 4.82. The van der Waals surface area contributed by atoms with Gasteiger partial charge in [0.25, 0.3) is 0 Å². The predicted molar refractivity (Wildman–Crippen MR) is 108 cm³/mol. The summed E-state index contributed by atoms with van der Waals surface area (Å²) < 4.78 is 2.58. The molecule has 1 saturated carbocycles. The molecule has 136 valence electrons. The molecule has 7 heteroatoms. The fourth-order valence-corrected chi connectivity index (χ4v) is 4.50. The third kappa shape index (κ3) is 3.79. The van der Waals surface area contributed by atoms with Gasteiger partial charge < -0.3 is 0 Å². The Balaban J connectivity index is 1.45. The number of nitrogens with zero attached hydrogens (tertiary/aromatic N) is 4. The number of carbonyl (C=O) groups is 1. The van der Waals surface area contributed by atoms with E-state index in [0.717, 1.165) is 41.4 Å². The topological polar surface area (TPSA) is 41.4 Å². The lowest BCUT2D eigenvalue weighted by Crippen LogP contribution is -2.32. The summed E-state index contributed by atoms with van der Waals surface area (Å²) in [6.07, 6.45) is 5.44. The van der Waals surface area contributed by atoms with Crippen molar-refractivity contribution in [2.75, 3.05) is 18.0 Å². The molecule has 1 aromatic heterocycles. The lowest BCUT2D eigenvalue weighted by atomic mass is 10.00. The van der Waals surface area contributed by atoms with Gasteiger partial charge in [-0.1, -0.05) is 47.7 Å². The van der Waals surface area contributed by atoms with Gasteiger partial charge in [-0.15, -0.1) is 5.10 Å². The largest absolute Gasteiger partial charge is 0.284 e. The number of anilines is 1. The van der Waals surface area contributed by atoms with Crippen LogP contribution in [0, 0.1) is 3.95 Å². The van der Waals surface area contributed by atoms with Crippen molar-refractivity contribution in [3.63, 3.8) is 0 Å². The molecule has 2 heterocycles. The lowest BCUT2D eigenvalue weighted by molar-refractivity contribution is -0.116. The zero-order chi connectivity index (χ0) is 18.1. The normalized spacial score (nSPS) is 17.8. The Morgan fingerprint density at radius 3 is 2.73 bits per heavy atom. The van der Waals surface area contributed by atoms with E-state index in [1.165, 1.54) is 22.5 Å². The molecule has 0 atom stereocenters. The van der Waals surface area contributed by atoms with Crippen molar-refractivity contribution in [1.82, 2.24) is 14.7 Å². The van der Waals surface area contributed by atoms with Crippen LogP contribution < -0.4 is 4.90 Å². The van der Waals surface area contributed by atoms with Crippen LogP contribution in [0.5, 0.6) is 0 Å². The number of rotatable bonds is 5. The van der Waals surface area contributed by atoms with Gasteiger partial charge in [0.05, 0.1) is 6.67 Å². The smallest absolute Gasteiger partial charge is 0.225 e. The molecule has 1 aliphatic carbocycles. The van der Waals surface area contributed by atoms with E-state index in [1.807, 2.05) is 10.7 Å². The predicted octanol–water partition coefficient (Wildman–Crippen LogP) is 3.94. The van der Waals surface area contributed by atoms with Gasteiger partial charge in [0.1, 0.15) is 0 Å². The Bertz CT molecular complexity index is 882. The van der Waals surface area contributed by atoms with Crippen LogP contribution in [0.15, 0.2) is 36.4 Å². The number of aromatic nitrogens is 2. The van der Waals surface area contributed by atoms with Gasteiger partial charge in [-0.05, 0) is 42.6 Å². The van der Waals surface area contributed by atoms with E-state index in [9.17, 15) is 4.79 Å². The van der Waals surface area contributed by atoms with Crippen LogP contribution >= 0.6 is 23.6 Å². The second-order valence-corrected chi connectivity index (χ2v) is 8.44. The average Bonchev–Trinajstić information content (AvgIpc) is 3.40. The van der Waals surface area contributed by atoms with Crippen molar-refractivity contribution in [3.8, 4) is 0 Å². The second kappa shape index (κ2) is 7.42. The third-order valence-corrected chi connectivity index (χ3v) is 6.13. The summed E-state index contributed by atoms with van der Waals surface area (Å²) in [5.41, 5.74) is 2.71. The number of hydrogen-bond donors (Lipinski definition) is 0. The van der Waals surface area contributed by atoms with Crippen LogP contribution in [0.1, 0.15) is 31.7 Å². The molecule has 0 N–H and O–H groups in total. The van der Waals surface area contributed by atoms with Gasteiger partial charge in [0.2, 0.25) is 11.0 Å². The van der Waals surface area contributed by atoms with Crippen LogP contribution in [0.2, 0.25) is 0 Å². The summed E-state index contributed by atoms with van der Waals surface area (Å²) in [6, 6.07) is 10.9. The van der Waals surface area contributed by atoms with Crippen molar-refractivity contribution < 1.29 is 4.79 Å². The molecule has 5 nitrogen and oxygen atoms in total. The zero-order valence-electron chi connectivity index (χ0n) is 14.8. The van der Waals surface area contributed by atoms with Gasteiger partial charge in [-0.3, -0.25) is 14.6 Å². The highest BCUT2D eigenvalue weighted by molar-refractivity contribution is 7.73. The summed E-state index contributed by atoms with van der Waals surface area (Å²) in [7, 11) is 0. The van der Waals surface area contributed by atoms with E-state index in [4.69, 9.17) is 12.2 Å². The average molecular weight is 387 g/mol. The fraction of sp³-hybridized carbons (Fsp3) is 0.421. The second-order valence-electron chi connectivity index (χ2n) is 6.83. The van der Waals surface area contributed by atoms with E-state index in [2.05, 4.69) is 40.3 Å². The van der Waals surface area contributed by atoms with E-state index < -0.39 is 0 Å². The van der Waals surface area contributed by atoms with Gasteiger partial charge in [-0.2, -0.15) is 0 Å². The summed E-state index contributed by atoms with van der Waals surface area (Å²) in [6.45, 7) is 4.14. The van der Waals surface area contributed by atoms with Crippen LogP contribution in [0.25, 0.3) is 5.57 Å². The summed E-state index contributed by atoms with van der Waals surface area (Å²) in [4.78, 5) is 16.1. The van der Waals surface area contributed by atoms with Crippen LogP contribution in [0.4, 0.5) is 5.13 Å². The van der Waals surface area contributed by atoms with E-state index in [-0.39, 0.29) is 5.91 Å². The quantitative estimate of drug-likeness (QED) is 0.730. The molecule has 0 bridgehead atoms. The minimum Gasteiger partial charge on any atom is -0.284 e. The van der Waals surface area contributed by atoms with Gasteiger partial charge in [0, 0.05) is 26.1 Å². The van der Waals surface area contributed by atoms with Crippen LogP contribution in [-0.4, -0.2) is 39.7 Å². The summed E-state index contributed by atoms with van der Waals surface area (Å²) in [5, 5.41) is 5.38. The van der Waals surface area contributed by atoms with E-state index in [0.29, 0.717) is 12.7 Å². The number of carbonyl (C=O) groups excluding carboxylic acids is 1. The maximum Gasteiger partial charge on any atom is 0.225 e. The molecule has 0 radical (unpaired) electrons. The molecule has 1 aromatic carbocycles. The molecule has 2 aliphatic rings. The highest BCUT2D eigenvalue weighted by Crippen LogP contribution is 2.33. The Labute approximate surface area is 162 Å². The fourth-order valence-electron chi connectivity index (χ4n) is 3.31. The Morgan fingerprint density at radius 2 is 2.12 bits per heavy atom. The van der Waals surface area contributed by atoms with Crippen LogP contribution in [-0.2, 0) is 11.5 Å². The van der Waals surface area contributed by atoms with Gasteiger partial charge >= 0.3 is 0 Å². The minimum atomic E-state index is 0.0526. The number of amides is 1. The first-order chi connectivity index (χ1) is 12.6. The molecule has 4 rings (SSSR count). The minimum absolute atomic E-state index is 0.0526. The Kier molecular flexibility index (Phi) is 5.02. The van der Waals surface area contributed by atoms with Crippen molar-refractivity contribution in [3.05, 3.63) is 45.9 Å². The zero-order valence-corrected chi connectivity index (χ0v) is 16.4. The van der Waals surface area contributed by atoms with Crippen LogP contribution in [0.3, 0.4) is 0 Å². The SMILES string of the molecule is CC(=O)N(c1nn(CN2CC=C(c3ccccc3)CC2)c(=S)s1)C1CC1. The monoisotopic (exact) mass is 386 g/mol. The molecular formula is C19H22N4OS2. The lowest BCUT2D eigenvalue weighted by Gasteiger charge is -2.26. The van der Waals surface area contributed by atoms with Crippen molar-refractivity contribution in [2.24, 2.45) is 0 Å². The van der Waals surface area contributed by atoms with Crippen molar-refractivity contribution >= 4 is 40.2 Å². The van der Waals surface area contributed by atoms with Gasteiger partial charge in [0.15, 0.2) is 3.95 Å². The maximum absolute atomic E-state index is 11.9. The number of hydrogen-bond acceptors (Lipinski definition) is 5. The number of benzene rings is 1. The standard InChI is InChI=1S/C19H22N4OS2/c1-14(24)23(17-7-8-17)18-20-22(19(25)26-18)13-21-11-9-16(10-12-21)15-5-3-2-4-6-15/h2-6,9,17H,7-8,10-13H2,1H3. The first-order valence-electron chi connectivity index (χ1n) is 8.96. The molecule has 1 amide bonds. The van der Waals surface area contributed by atoms with Crippen molar-refractivity contribution in [2.45, 2.75) is 38.9 Å². The first-order valence-corrected chi connectivity index (χ1v) is 10.2. The molecule has 0 unspecified atom stereocenters. The van der Waals surface area contributed by atoms with E-state index in [1.54, 1.807) is 11.8 Å². The molecule has 1 aliphatic heterocycles. The molecule has 0 saturated heterocycles. The first kappa shape index (κ1) is 17.6. The summed E-state index contributed by atoms with van der Waals surface area (Å²) in [5.74, 6) is 0.0526. The Morgan fingerprint density at radius 1 is 1.35 bits per heavy atom. The molecule has 26 heavy (non-hydrogen) atoms. The highest BCUT2D eigenvalue weighted by atomic mass is 32.1. The van der Waals surface area contributed by atoms with Crippen molar-refractivity contribution in [1.29, 1.82) is 0 Å². The molecule has 1 fully saturated rings. The maximum atomic E-state index is 11.9. The molecular weight excluding hydrogens is 364 g/mol. The summed E-state index contributed by atoms with van der Waals surface area (Å²) >= 11 is 6.93. The van der Waals surface area contributed by atoms with E-state index >= 15 is 0 Å². The highest BCUT2D eigenvalue weighted by Gasteiger charge is 2.34. The molecule has 2 aromatic rings.